The molecule has 168 valence electrons. The molecule has 3 aromatic rings. The molecule has 9 heteroatoms. The Morgan fingerprint density at radius 1 is 1.16 bits per heavy atom. The number of benzene rings is 2. The summed E-state index contributed by atoms with van der Waals surface area (Å²) in [4.78, 5) is 16.8. The molecule has 0 atom stereocenters. The first kappa shape index (κ1) is 23.3. The van der Waals surface area contributed by atoms with Gasteiger partial charge >= 0.3 is 0 Å². The second-order valence-corrected chi connectivity index (χ2v) is 7.91. The van der Waals surface area contributed by atoms with E-state index < -0.39 is 11.6 Å². The number of anilines is 2. The summed E-state index contributed by atoms with van der Waals surface area (Å²) in [6.45, 7) is 4.36. The van der Waals surface area contributed by atoms with E-state index >= 15 is 0 Å². The molecule has 32 heavy (non-hydrogen) atoms. The number of nitrogen functional groups attached to an aromatic ring is 1. The van der Waals surface area contributed by atoms with Crippen LogP contribution in [0, 0.1) is 11.6 Å². The SMILES string of the molecule is CCN=Cc1c(N)c(-c2cc(NSCC)ccc2Oc2ccc(F)cc2F)cn(C)c1=O. The minimum atomic E-state index is -0.830. The van der Waals surface area contributed by atoms with Gasteiger partial charge < -0.3 is 19.8 Å². The maximum absolute atomic E-state index is 14.2. The van der Waals surface area contributed by atoms with E-state index in [0.717, 1.165) is 23.6 Å². The first-order valence-electron chi connectivity index (χ1n) is 9.99. The van der Waals surface area contributed by atoms with Crippen LogP contribution >= 0.6 is 11.9 Å². The van der Waals surface area contributed by atoms with Gasteiger partial charge in [-0.05, 0) is 37.3 Å². The van der Waals surface area contributed by atoms with E-state index in [2.05, 4.69) is 9.71 Å². The molecule has 2 aromatic carbocycles. The summed E-state index contributed by atoms with van der Waals surface area (Å²) in [5, 5.41) is 0. The third-order valence-corrected chi connectivity index (χ3v) is 5.24. The Morgan fingerprint density at radius 3 is 2.59 bits per heavy atom. The smallest absolute Gasteiger partial charge is 0.261 e. The van der Waals surface area contributed by atoms with Crippen LogP contribution in [0.25, 0.3) is 11.1 Å². The Hall–Kier alpha value is -3.33. The summed E-state index contributed by atoms with van der Waals surface area (Å²) in [5.74, 6) is -0.524. The zero-order valence-electron chi connectivity index (χ0n) is 18.0. The van der Waals surface area contributed by atoms with Crippen LogP contribution in [0.2, 0.25) is 0 Å². The van der Waals surface area contributed by atoms with E-state index in [4.69, 9.17) is 10.5 Å². The van der Waals surface area contributed by atoms with Gasteiger partial charge in [0.05, 0.1) is 11.3 Å². The van der Waals surface area contributed by atoms with E-state index in [-0.39, 0.29) is 22.6 Å². The molecular formula is C23H24F2N4O2S. The normalized spacial score (nSPS) is 11.2. The zero-order valence-corrected chi connectivity index (χ0v) is 18.8. The maximum atomic E-state index is 14.2. The molecule has 0 radical (unpaired) electrons. The van der Waals surface area contributed by atoms with E-state index in [1.807, 2.05) is 13.8 Å². The second kappa shape index (κ2) is 10.3. The van der Waals surface area contributed by atoms with Gasteiger partial charge in [0.2, 0.25) is 0 Å². The molecular weight excluding hydrogens is 434 g/mol. The summed E-state index contributed by atoms with van der Waals surface area (Å²) in [6, 6.07) is 8.34. The number of ether oxygens (including phenoxy) is 1. The Kier molecular flexibility index (Phi) is 7.53. The molecule has 0 saturated heterocycles. The first-order chi connectivity index (χ1) is 15.3. The van der Waals surface area contributed by atoms with Gasteiger partial charge in [-0.2, -0.15) is 0 Å². The van der Waals surface area contributed by atoms with Crippen LogP contribution < -0.4 is 20.8 Å². The molecule has 0 bridgehead atoms. The number of aliphatic imine (C=N–C) groups is 1. The van der Waals surface area contributed by atoms with Crippen molar-refractivity contribution in [1.29, 1.82) is 0 Å². The average molecular weight is 459 g/mol. The lowest BCUT2D eigenvalue weighted by Crippen LogP contribution is -2.23. The van der Waals surface area contributed by atoms with Gasteiger partial charge in [0.25, 0.3) is 5.56 Å². The van der Waals surface area contributed by atoms with Crippen molar-refractivity contribution in [2.45, 2.75) is 13.8 Å². The van der Waals surface area contributed by atoms with Crippen molar-refractivity contribution in [3.63, 3.8) is 0 Å². The molecule has 0 fully saturated rings. The number of hydrogen-bond acceptors (Lipinski definition) is 6. The summed E-state index contributed by atoms with van der Waals surface area (Å²) in [5.41, 5.74) is 8.41. The van der Waals surface area contributed by atoms with Crippen LogP contribution in [0.4, 0.5) is 20.2 Å². The fraction of sp³-hybridized carbons (Fsp3) is 0.217. The van der Waals surface area contributed by atoms with Crippen molar-refractivity contribution in [2.24, 2.45) is 12.0 Å². The summed E-state index contributed by atoms with van der Waals surface area (Å²) < 4.78 is 38.0. The number of halogens is 2. The van der Waals surface area contributed by atoms with Crippen LogP contribution in [0.5, 0.6) is 11.5 Å². The van der Waals surface area contributed by atoms with Crippen molar-refractivity contribution in [1.82, 2.24) is 4.57 Å². The lowest BCUT2D eigenvalue weighted by Gasteiger charge is -2.17. The molecule has 0 amide bonds. The fourth-order valence-electron chi connectivity index (χ4n) is 3.02. The monoisotopic (exact) mass is 458 g/mol. The Bertz CT molecular complexity index is 1210. The topological polar surface area (TPSA) is 81.6 Å². The maximum Gasteiger partial charge on any atom is 0.261 e. The molecule has 0 saturated carbocycles. The van der Waals surface area contributed by atoms with Gasteiger partial charge in [0.15, 0.2) is 11.6 Å². The molecule has 6 nitrogen and oxygen atoms in total. The minimum absolute atomic E-state index is 0.132. The van der Waals surface area contributed by atoms with Gasteiger partial charge in [-0.15, -0.1) is 0 Å². The highest BCUT2D eigenvalue weighted by atomic mass is 32.2. The molecule has 0 aliphatic carbocycles. The Morgan fingerprint density at radius 2 is 1.91 bits per heavy atom. The average Bonchev–Trinajstić information content (AvgIpc) is 2.77. The molecule has 1 heterocycles. The van der Waals surface area contributed by atoms with Crippen LogP contribution in [-0.4, -0.2) is 23.1 Å². The van der Waals surface area contributed by atoms with Crippen molar-refractivity contribution < 1.29 is 13.5 Å². The molecule has 1 aromatic heterocycles. The first-order valence-corrected chi connectivity index (χ1v) is 11.0. The van der Waals surface area contributed by atoms with E-state index in [0.29, 0.717) is 23.4 Å². The van der Waals surface area contributed by atoms with Gasteiger partial charge in [0, 0.05) is 54.6 Å². The quantitative estimate of drug-likeness (QED) is 0.357. The van der Waals surface area contributed by atoms with Crippen LogP contribution in [0.15, 0.2) is 52.4 Å². The van der Waals surface area contributed by atoms with E-state index in [1.165, 1.54) is 28.8 Å². The van der Waals surface area contributed by atoms with E-state index in [9.17, 15) is 13.6 Å². The van der Waals surface area contributed by atoms with Crippen molar-refractivity contribution in [3.8, 4) is 22.6 Å². The van der Waals surface area contributed by atoms with Gasteiger partial charge in [-0.1, -0.05) is 18.9 Å². The Balaban J connectivity index is 2.19. The summed E-state index contributed by atoms with van der Waals surface area (Å²) in [7, 11) is 1.61. The predicted molar refractivity (Wildman–Crippen MR) is 128 cm³/mol. The molecule has 3 N–H and O–H groups in total. The second-order valence-electron chi connectivity index (χ2n) is 6.84. The highest BCUT2D eigenvalue weighted by Gasteiger charge is 2.18. The fourth-order valence-corrected chi connectivity index (χ4v) is 3.46. The largest absolute Gasteiger partial charge is 0.454 e. The number of nitrogens with zero attached hydrogens (tertiary/aromatic N) is 2. The minimum Gasteiger partial charge on any atom is -0.454 e. The highest BCUT2D eigenvalue weighted by Crippen LogP contribution is 2.39. The lowest BCUT2D eigenvalue weighted by atomic mass is 10.0. The van der Waals surface area contributed by atoms with Gasteiger partial charge in [-0.25, -0.2) is 8.78 Å². The van der Waals surface area contributed by atoms with Crippen molar-refractivity contribution in [3.05, 3.63) is 70.1 Å². The number of pyridine rings is 1. The van der Waals surface area contributed by atoms with Crippen molar-refractivity contribution in [2.75, 3.05) is 22.8 Å². The summed E-state index contributed by atoms with van der Waals surface area (Å²) in [6.07, 6.45) is 3.05. The van der Waals surface area contributed by atoms with Crippen LogP contribution in [0.1, 0.15) is 19.4 Å². The number of hydrogen-bond donors (Lipinski definition) is 2. The highest BCUT2D eigenvalue weighted by molar-refractivity contribution is 8.00. The number of nitrogens with one attached hydrogen (secondary N) is 1. The lowest BCUT2D eigenvalue weighted by molar-refractivity contribution is 0.439. The zero-order chi connectivity index (χ0) is 23.3. The number of aromatic nitrogens is 1. The van der Waals surface area contributed by atoms with Crippen LogP contribution in [-0.2, 0) is 7.05 Å². The molecule has 0 aliphatic heterocycles. The number of rotatable bonds is 8. The van der Waals surface area contributed by atoms with Crippen molar-refractivity contribution >= 4 is 29.5 Å². The molecule has 0 aliphatic rings. The third-order valence-electron chi connectivity index (χ3n) is 4.57. The van der Waals surface area contributed by atoms with E-state index in [1.54, 1.807) is 31.4 Å². The Labute approximate surface area is 189 Å². The number of nitrogens with two attached hydrogens (primary N) is 1. The third kappa shape index (κ3) is 5.11. The predicted octanol–water partition coefficient (Wildman–Crippen LogP) is 5.22. The molecule has 0 spiro atoms. The van der Waals surface area contributed by atoms with Crippen LogP contribution in [0.3, 0.4) is 0 Å². The van der Waals surface area contributed by atoms with Gasteiger partial charge in [0.1, 0.15) is 11.6 Å². The van der Waals surface area contributed by atoms with Gasteiger partial charge in [-0.3, -0.25) is 9.79 Å². The summed E-state index contributed by atoms with van der Waals surface area (Å²) >= 11 is 1.50. The standard InChI is InChI=1S/C23H24F2N4O2S/c1-4-27-12-17-22(26)18(13-29(3)23(17)30)16-11-15(28-32-5-2)7-9-20(16)31-21-8-6-14(24)10-19(21)25/h6-13,28H,4-5,26H2,1-3H3. The molecule has 3 rings (SSSR count). The molecule has 0 unspecified atom stereocenters. The number of aryl methyl sites for hydroxylation is 1.